The molecule has 1 aromatic carbocycles. The van der Waals surface area contributed by atoms with Gasteiger partial charge in [-0.25, -0.2) is 0 Å². The van der Waals surface area contributed by atoms with Crippen molar-refractivity contribution in [3.05, 3.63) is 17.7 Å². The van der Waals surface area contributed by atoms with Crippen LogP contribution in [-0.2, 0) is 6.42 Å². The lowest BCUT2D eigenvalue weighted by Crippen LogP contribution is -2.18. The van der Waals surface area contributed by atoms with Crippen LogP contribution in [0.3, 0.4) is 0 Å². The molecule has 2 atom stereocenters. The van der Waals surface area contributed by atoms with Crippen molar-refractivity contribution in [2.45, 2.75) is 32.4 Å². The number of nitrogens with two attached hydrogens (primary N) is 1. The van der Waals surface area contributed by atoms with Crippen molar-refractivity contribution < 1.29 is 14.2 Å². The molecule has 2 N–H and O–H groups in total. The van der Waals surface area contributed by atoms with Gasteiger partial charge in [0, 0.05) is 6.04 Å². The molecule has 0 aliphatic carbocycles. The molecule has 104 valence electrons. The van der Waals surface area contributed by atoms with Gasteiger partial charge >= 0.3 is 0 Å². The van der Waals surface area contributed by atoms with Crippen molar-refractivity contribution in [3.63, 3.8) is 0 Å². The standard InChI is InChI=1S/C14H20N2O3/c1-9(16)5-11-6-12(17-3)14(13(7-11)18-4)19-10(2)8-15/h6-7,9-10H,5,16H2,1-4H3. The molecule has 0 spiro atoms. The van der Waals surface area contributed by atoms with E-state index in [-0.39, 0.29) is 6.04 Å². The van der Waals surface area contributed by atoms with E-state index in [1.807, 2.05) is 25.1 Å². The summed E-state index contributed by atoms with van der Waals surface area (Å²) >= 11 is 0. The Morgan fingerprint density at radius 3 is 2.11 bits per heavy atom. The minimum absolute atomic E-state index is 0.0409. The van der Waals surface area contributed by atoms with Gasteiger partial charge in [0.15, 0.2) is 17.6 Å². The zero-order valence-corrected chi connectivity index (χ0v) is 11.8. The molecular formula is C14H20N2O3. The Bertz CT molecular complexity index is 441. The number of ether oxygens (including phenoxy) is 3. The Kier molecular flexibility index (Phi) is 5.46. The van der Waals surface area contributed by atoms with Gasteiger partial charge in [-0.2, -0.15) is 5.26 Å². The summed E-state index contributed by atoms with van der Waals surface area (Å²) in [5, 5.41) is 8.82. The fraction of sp³-hybridized carbons (Fsp3) is 0.500. The van der Waals surface area contributed by atoms with Crippen LogP contribution in [0.15, 0.2) is 12.1 Å². The third kappa shape index (κ3) is 4.04. The molecule has 0 aliphatic rings. The second-order valence-corrected chi connectivity index (χ2v) is 4.40. The van der Waals surface area contributed by atoms with Crippen LogP contribution in [0.1, 0.15) is 19.4 Å². The van der Waals surface area contributed by atoms with E-state index in [1.54, 1.807) is 21.1 Å². The Morgan fingerprint density at radius 1 is 1.21 bits per heavy atom. The first kappa shape index (κ1) is 15.1. The molecule has 0 saturated carbocycles. The summed E-state index contributed by atoms with van der Waals surface area (Å²) in [6, 6.07) is 5.76. The molecule has 0 saturated heterocycles. The second-order valence-electron chi connectivity index (χ2n) is 4.40. The Balaban J connectivity index is 3.18. The van der Waals surface area contributed by atoms with E-state index < -0.39 is 6.10 Å². The molecule has 19 heavy (non-hydrogen) atoms. The molecule has 0 heterocycles. The van der Waals surface area contributed by atoms with Crippen LogP contribution >= 0.6 is 0 Å². The number of benzene rings is 1. The molecule has 0 aromatic heterocycles. The molecule has 0 aliphatic heterocycles. The van der Waals surface area contributed by atoms with E-state index in [1.165, 1.54) is 0 Å². The van der Waals surface area contributed by atoms with Crippen molar-refractivity contribution >= 4 is 0 Å². The third-order valence-electron chi connectivity index (χ3n) is 2.55. The minimum atomic E-state index is -0.581. The summed E-state index contributed by atoms with van der Waals surface area (Å²) in [6.45, 7) is 3.59. The van der Waals surface area contributed by atoms with Crippen LogP contribution in [0, 0.1) is 11.3 Å². The van der Waals surface area contributed by atoms with Crippen LogP contribution in [0.4, 0.5) is 0 Å². The maximum absolute atomic E-state index is 8.82. The predicted molar refractivity (Wildman–Crippen MR) is 72.6 cm³/mol. The minimum Gasteiger partial charge on any atom is -0.493 e. The van der Waals surface area contributed by atoms with Gasteiger partial charge < -0.3 is 19.9 Å². The number of methoxy groups -OCH3 is 2. The Labute approximate surface area is 113 Å². The molecule has 2 unspecified atom stereocenters. The number of nitriles is 1. The normalized spacial score (nSPS) is 13.3. The van der Waals surface area contributed by atoms with Crippen LogP contribution in [0.2, 0.25) is 0 Å². The summed E-state index contributed by atoms with van der Waals surface area (Å²) in [5.41, 5.74) is 6.79. The topological polar surface area (TPSA) is 77.5 Å². The van der Waals surface area contributed by atoms with E-state index in [2.05, 4.69) is 0 Å². The highest BCUT2D eigenvalue weighted by Crippen LogP contribution is 2.39. The SMILES string of the molecule is COc1cc(CC(C)N)cc(OC)c1OC(C)C#N. The smallest absolute Gasteiger partial charge is 0.204 e. The number of hydrogen-bond acceptors (Lipinski definition) is 5. The van der Waals surface area contributed by atoms with E-state index in [0.717, 1.165) is 5.56 Å². The van der Waals surface area contributed by atoms with Gasteiger partial charge in [0.25, 0.3) is 0 Å². The van der Waals surface area contributed by atoms with Crippen molar-refractivity contribution in [2.75, 3.05) is 14.2 Å². The van der Waals surface area contributed by atoms with E-state index in [9.17, 15) is 0 Å². The summed E-state index contributed by atoms with van der Waals surface area (Å²) in [4.78, 5) is 0. The zero-order chi connectivity index (χ0) is 14.4. The molecule has 0 bridgehead atoms. The van der Waals surface area contributed by atoms with Crippen molar-refractivity contribution in [1.29, 1.82) is 5.26 Å². The van der Waals surface area contributed by atoms with Gasteiger partial charge in [0.05, 0.1) is 14.2 Å². The Morgan fingerprint density at radius 2 is 1.74 bits per heavy atom. The van der Waals surface area contributed by atoms with Gasteiger partial charge in [-0.1, -0.05) is 0 Å². The second kappa shape index (κ2) is 6.86. The zero-order valence-electron chi connectivity index (χ0n) is 11.8. The highest BCUT2D eigenvalue weighted by atomic mass is 16.5. The van der Waals surface area contributed by atoms with Gasteiger partial charge in [-0.05, 0) is 38.0 Å². The quantitative estimate of drug-likeness (QED) is 0.848. The lowest BCUT2D eigenvalue weighted by molar-refractivity contribution is 0.244. The van der Waals surface area contributed by atoms with Crippen LogP contribution in [0.5, 0.6) is 17.2 Å². The van der Waals surface area contributed by atoms with Crippen molar-refractivity contribution in [2.24, 2.45) is 5.73 Å². The summed E-state index contributed by atoms with van der Waals surface area (Å²) in [6.07, 6.45) is 0.128. The lowest BCUT2D eigenvalue weighted by atomic mass is 10.1. The van der Waals surface area contributed by atoms with Crippen molar-refractivity contribution in [1.82, 2.24) is 0 Å². The first-order valence-electron chi connectivity index (χ1n) is 6.08. The highest BCUT2D eigenvalue weighted by Gasteiger charge is 2.17. The molecule has 5 heteroatoms. The maximum atomic E-state index is 8.82. The fourth-order valence-electron chi connectivity index (χ4n) is 1.74. The first-order chi connectivity index (χ1) is 9.01. The predicted octanol–water partition coefficient (Wildman–Crippen LogP) is 1.88. The molecule has 0 fully saturated rings. The molecular weight excluding hydrogens is 244 g/mol. The van der Waals surface area contributed by atoms with Gasteiger partial charge in [0.1, 0.15) is 6.07 Å². The van der Waals surface area contributed by atoms with Gasteiger partial charge in [-0.3, -0.25) is 0 Å². The average molecular weight is 264 g/mol. The van der Waals surface area contributed by atoms with Crippen LogP contribution in [0.25, 0.3) is 0 Å². The summed E-state index contributed by atoms with van der Waals surface area (Å²) in [5.74, 6) is 1.52. The van der Waals surface area contributed by atoms with Crippen LogP contribution in [-0.4, -0.2) is 26.4 Å². The number of rotatable bonds is 6. The maximum Gasteiger partial charge on any atom is 0.204 e. The highest BCUT2D eigenvalue weighted by molar-refractivity contribution is 5.54. The van der Waals surface area contributed by atoms with Crippen molar-refractivity contribution in [3.8, 4) is 23.3 Å². The molecule has 0 amide bonds. The molecule has 5 nitrogen and oxygen atoms in total. The lowest BCUT2D eigenvalue weighted by Gasteiger charge is -2.17. The molecule has 1 aromatic rings. The number of hydrogen-bond donors (Lipinski definition) is 1. The molecule has 0 radical (unpaired) electrons. The van der Waals surface area contributed by atoms with Gasteiger partial charge in [0.2, 0.25) is 5.75 Å². The largest absolute Gasteiger partial charge is 0.493 e. The van der Waals surface area contributed by atoms with E-state index >= 15 is 0 Å². The summed E-state index contributed by atoms with van der Waals surface area (Å²) in [7, 11) is 3.10. The van der Waals surface area contributed by atoms with Crippen LogP contribution < -0.4 is 19.9 Å². The fourth-order valence-corrected chi connectivity index (χ4v) is 1.74. The third-order valence-corrected chi connectivity index (χ3v) is 2.55. The van der Waals surface area contributed by atoms with Gasteiger partial charge in [-0.15, -0.1) is 0 Å². The average Bonchev–Trinajstić information content (AvgIpc) is 2.38. The monoisotopic (exact) mass is 264 g/mol. The van der Waals surface area contributed by atoms with E-state index in [4.69, 9.17) is 25.2 Å². The first-order valence-corrected chi connectivity index (χ1v) is 6.08. The number of nitrogens with zero attached hydrogens (tertiary/aromatic N) is 1. The molecule has 1 rings (SSSR count). The Hall–Kier alpha value is -1.93. The van der Waals surface area contributed by atoms with E-state index in [0.29, 0.717) is 23.7 Å². The summed E-state index contributed by atoms with van der Waals surface area (Å²) < 4.78 is 16.1.